The molecule has 0 aliphatic rings. The van der Waals surface area contributed by atoms with Gasteiger partial charge in [-0.05, 0) is 52.3 Å². The third kappa shape index (κ3) is 33.0. The second-order valence-corrected chi connectivity index (χ2v) is 11.5. The van der Waals surface area contributed by atoms with Gasteiger partial charge in [0.05, 0.1) is 6.54 Å². The zero-order valence-corrected chi connectivity index (χ0v) is 34.4. The van der Waals surface area contributed by atoms with E-state index in [0.29, 0.717) is 6.42 Å². The van der Waals surface area contributed by atoms with Gasteiger partial charge in [-0.2, -0.15) is 0 Å². The van der Waals surface area contributed by atoms with Crippen LogP contribution >= 0.6 is 0 Å². The topological polar surface area (TPSA) is 116 Å². The average molecular weight is 669 g/mol. The second kappa shape index (κ2) is 36.1. The number of aldehydes is 1. The lowest BCUT2D eigenvalue weighted by Crippen LogP contribution is -2.54. The first-order valence-corrected chi connectivity index (χ1v) is 18.2. The molecule has 8 nitrogen and oxygen atoms in total. The largest absolute Gasteiger partial charge is 0.350 e. The Morgan fingerprint density at radius 2 is 1.26 bits per heavy atom. The molecule has 0 bridgehead atoms. The van der Waals surface area contributed by atoms with Gasteiger partial charge in [-0.1, -0.05) is 141 Å². The van der Waals surface area contributed by atoms with E-state index in [9.17, 15) is 19.2 Å². The molecule has 0 aliphatic carbocycles. The van der Waals surface area contributed by atoms with Crippen LogP contribution < -0.4 is 21.3 Å². The number of hydrogen-bond acceptors (Lipinski definition) is 5. The summed E-state index contributed by atoms with van der Waals surface area (Å²) in [6, 6.07) is 8.51. The van der Waals surface area contributed by atoms with Gasteiger partial charge in [-0.25, -0.2) is 0 Å². The smallest absolute Gasteiger partial charge is 0.243 e. The number of carbonyl (C=O) groups is 4. The molecule has 0 saturated carbocycles. The average Bonchev–Trinajstić information content (AvgIpc) is 3.08. The number of benzene rings is 1. The van der Waals surface area contributed by atoms with Crippen LogP contribution in [-0.4, -0.2) is 55.7 Å². The van der Waals surface area contributed by atoms with Crippen LogP contribution in [0.2, 0.25) is 0 Å². The van der Waals surface area contributed by atoms with E-state index in [4.69, 9.17) is 0 Å². The van der Waals surface area contributed by atoms with Crippen LogP contribution in [0.5, 0.6) is 0 Å². The molecule has 4 N–H and O–H groups in total. The highest BCUT2D eigenvalue weighted by Gasteiger charge is 2.36. The molecular weight excluding hydrogens is 588 g/mol. The van der Waals surface area contributed by atoms with E-state index in [2.05, 4.69) is 28.2 Å². The van der Waals surface area contributed by atoms with Gasteiger partial charge in [-0.15, -0.1) is 0 Å². The predicted octanol–water partition coefficient (Wildman–Crippen LogP) is 8.52. The summed E-state index contributed by atoms with van der Waals surface area (Å²) in [7, 11) is 1.96. The summed E-state index contributed by atoms with van der Waals surface area (Å²) in [5.74, 6) is -1.04. The molecule has 3 amide bonds. The molecule has 0 heterocycles. The van der Waals surface area contributed by atoms with E-state index >= 15 is 0 Å². The first-order chi connectivity index (χ1) is 22.1. The molecule has 0 aliphatic heterocycles. The van der Waals surface area contributed by atoms with Crippen LogP contribution in [0.25, 0.3) is 0 Å². The van der Waals surface area contributed by atoms with Crippen molar-refractivity contribution in [2.24, 2.45) is 10.8 Å². The summed E-state index contributed by atoms with van der Waals surface area (Å²) < 4.78 is 0. The van der Waals surface area contributed by atoms with Gasteiger partial charge in [0.2, 0.25) is 17.7 Å². The summed E-state index contributed by atoms with van der Waals surface area (Å²) in [6.45, 7) is 36.0. The third-order valence-electron chi connectivity index (χ3n) is 6.02. The SMILES string of the molecule is CC.CC.CC.CC.CC.CCC(C)(C)NC(=O)CNC(=O)C(Cc1ccccc1)NC(=O)C(C)(C)CC(C)(C)C=O.CCCNC. The lowest BCUT2D eigenvalue weighted by molar-refractivity contribution is -0.136. The first kappa shape index (κ1) is 56.6. The fraction of sp³-hybridized carbons (Fsp3) is 0.744. The molecular formula is C39H80N4O4. The highest BCUT2D eigenvalue weighted by atomic mass is 16.2. The maximum atomic E-state index is 13.0. The molecule has 47 heavy (non-hydrogen) atoms. The summed E-state index contributed by atoms with van der Waals surface area (Å²) in [5.41, 5.74) is -1.00. The van der Waals surface area contributed by atoms with Crippen LogP contribution in [-0.2, 0) is 25.6 Å². The number of amides is 3. The quantitative estimate of drug-likeness (QED) is 0.148. The van der Waals surface area contributed by atoms with Crippen molar-refractivity contribution in [2.45, 2.75) is 162 Å². The van der Waals surface area contributed by atoms with Gasteiger partial charge in [0.1, 0.15) is 12.3 Å². The van der Waals surface area contributed by atoms with Crippen LogP contribution in [0, 0.1) is 10.8 Å². The molecule has 1 rings (SSSR count). The van der Waals surface area contributed by atoms with Crippen molar-refractivity contribution < 1.29 is 19.2 Å². The van der Waals surface area contributed by atoms with E-state index in [1.54, 1.807) is 27.7 Å². The highest BCUT2D eigenvalue weighted by molar-refractivity contribution is 5.92. The fourth-order valence-electron chi connectivity index (χ4n) is 3.72. The minimum atomic E-state index is -0.859. The molecule has 280 valence electrons. The minimum Gasteiger partial charge on any atom is -0.350 e. The van der Waals surface area contributed by atoms with Gasteiger partial charge < -0.3 is 26.1 Å². The Labute approximate surface area is 292 Å². The van der Waals surface area contributed by atoms with Gasteiger partial charge in [0, 0.05) is 22.8 Å². The third-order valence-corrected chi connectivity index (χ3v) is 6.02. The molecule has 0 fully saturated rings. The zero-order valence-electron chi connectivity index (χ0n) is 34.4. The number of rotatable bonds is 14. The molecule has 1 aromatic rings. The Morgan fingerprint density at radius 3 is 1.62 bits per heavy atom. The van der Waals surface area contributed by atoms with E-state index < -0.39 is 22.8 Å². The highest BCUT2D eigenvalue weighted by Crippen LogP contribution is 2.32. The monoisotopic (exact) mass is 669 g/mol. The number of hydrogen-bond donors (Lipinski definition) is 4. The van der Waals surface area contributed by atoms with E-state index in [1.807, 2.05) is 127 Å². The number of carbonyl (C=O) groups excluding carboxylic acids is 4. The molecule has 8 heteroatoms. The van der Waals surface area contributed by atoms with Crippen LogP contribution in [0.4, 0.5) is 0 Å². The van der Waals surface area contributed by atoms with Crippen molar-refractivity contribution in [2.75, 3.05) is 20.1 Å². The molecule has 0 radical (unpaired) electrons. The first-order valence-electron chi connectivity index (χ1n) is 18.2. The van der Waals surface area contributed by atoms with Gasteiger partial charge >= 0.3 is 0 Å². The lowest BCUT2D eigenvalue weighted by atomic mass is 9.75. The van der Waals surface area contributed by atoms with E-state index in [1.165, 1.54) is 6.42 Å². The van der Waals surface area contributed by atoms with Gasteiger partial charge in [0.15, 0.2) is 0 Å². The van der Waals surface area contributed by atoms with Crippen LogP contribution in [0.15, 0.2) is 30.3 Å². The second-order valence-electron chi connectivity index (χ2n) is 11.5. The van der Waals surface area contributed by atoms with E-state index in [-0.39, 0.29) is 30.3 Å². The molecule has 1 atom stereocenters. The van der Waals surface area contributed by atoms with E-state index in [0.717, 1.165) is 24.8 Å². The molecule has 0 spiro atoms. The maximum Gasteiger partial charge on any atom is 0.243 e. The van der Waals surface area contributed by atoms with Crippen LogP contribution in [0.1, 0.15) is 149 Å². The van der Waals surface area contributed by atoms with Crippen molar-refractivity contribution in [3.05, 3.63) is 35.9 Å². The predicted molar refractivity (Wildman–Crippen MR) is 207 cm³/mol. The lowest BCUT2D eigenvalue weighted by Gasteiger charge is -2.32. The Bertz CT molecular complexity index is 852. The Hall–Kier alpha value is -2.74. The molecule has 0 saturated heterocycles. The standard InChI is InChI=1S/C25H39N3O4.C4H11N.5C2H6/c1-8-25(6,7)28-20(30)15-26-21(31)19(14-18-12-10-9-11-13-18)27-22(32)24(4,5)16-23(2,3)17-29;1-3-4-5-2;5*1-2/h9-13,17,19H,8,14-16H2,1-7H3,(H,26,31)(H,27,32)(H,28,30);5H,3-4H2,1-2H3;5*1-2H3. The van der Waals surface area contributed by atoms with Crippen molar-refractivity contribution in [1.82, 2.24) is 21.3 Å². The van der Waals surface area contributed by atoms with Crippen molar-refractivity contribution in [3.63, 3.8) is 0 Å². The maximum absolute atomic E-state index is 13.0. The van der Waals surface area contributed by atoms with Crippen molar-refractivity contribution in [3.8, 4) is 0 Å². The molecule has 1 unspecified atom stereocenters. The van der Waals surface area contributed by atoms with Crippen molar-refractivity contribution in [1.29, 1.82) is 0 Å². The van der Waals surface area contributed by atoms with Crippen LogP contribution in [0.3, 0.4) is 0 Å². The zero-order chi connectivity index (χ0) is 38.7. The summed E-state index contributed by atoms with van der Waals surface area (Å²) >= 11 is 0. The molecule has 1 aromatic carbocycles. The van der Waals surface area contributed by atoms with Crippen molar-refractivity contribution >= 4 is 24.0 Å². The Morgan fingerprint density at radius 1 is 0.787 bits per heavy atom. The minimum absolute atomic E-state index is 0.176. The summed E-state index contributed by atoms with van der Waals surface area (Å²) in [5, 5.41) is 11.4. The number of nitrogens with one attached hydrogen (secondary N) is 4. The Balaban J connectivity index is -0.000000240. The molecule has 0 aromatic heterocycles. The van der Waals surface area contributed by atoms with Gasteiger partial charge in [0.25, 0.3) is 0 Å². The Kier molecular flexibility index (Phi) is 43.5. The summed E-state index contributed by atoms with van der Waals surface area (Å²) in [6.07, 6.45) is 3.45. The fourth-order valence-corrected chi connectivity index (χ4v) is 3.72. The summed E-state index contributed by atoms with van der Waals surface area (Å²) in [4.78, 5) is 49.5. The normalized spacial score (nSPS) is 10.4. The van der Waals surface area contributed by atoms with Gasteiger partial charge in [-0.3, -0.25) is 14.4 Å².